The molecule has 0 bridgehead atoms. The van der Waals surface area contributed by atoms with Crippen LogP contribution in [0.25, 0.3) is 51.2 Å². The molecule has 9 aromatic rings. The maximum Gasteiger partial charge on any atom is 0.207 e. The Kier molecular flexibility index (Phi) is 16.7. The van der Waals surface area contributed by atoms with Crippen molar-refractivity contribution in [3.63, 3.8) is 0 Å². The molecule has 21 heteroatoms. The Bertz CT molecular complexity index is 3490. The molecule has 0 aliphatic rings. The highest BCUT2D eigenvalue weighted by Gasteiger charge is 2.26. The normalized spacial score (nSPS) is 11.4. The molecule has 0 amide bonds. The zero-order chi connectivity index (χ0) is 56.4. The summed E-state index contributed by atoms with van der Waals surface area (Å²) in [7, 11) is 14.5. The number of hydrogen-bond acceptors (Lipinski definition) is 17. The first kappa shape index (κ1) is 56.1. The topological polar surface area (TPSA) is 226 Å². The van der Waals surface area contributed by atoms with Gasteiger partial charge >= 0.3 is 0 Å². The van der Waals surface area contributed by atoms with Crippen molar-refractivity contribution < 1.29 is 30.6 Å². The Morgan fingerprint density at radius 1 is 0.410 bits per heavy atom. The van der Waals surface area contributed by atoms with E-state index in [1.165, 1.54) is 39.8 Å². The monoisotopic (exact) mass is 1110 g/mol. The van der Waals surface area contributed by atoms with E-state index >= 15 is 0 Å². The number of aromatic nitrogens is 9. The van der Waals surface area contributed by atoms with Gasteiger partial charge in [-0.15, -0.1) is 20.4 Å². The number of H-pyrrole nitrogens is 1. The van der Waals surface area contributed by atoms with Crippen LogP contribution in [0, 0.1) is 4.77 Å². The van der Waals surface area contributed by atoms with Crippen molar-refractivity contribution in [1.29, 1.82) is 0 Å². The van der Waals surface area contributed by atoms with Crippen molar-refractivity contribution >= 4 is 50.9 Å². The molecule has 3 aromatic heterocycles. The van der Waals surface area contributed by atoms with Gasteiger partial charge in [-0.1, -0.05) is 41.5 Å². The first-order valence-electron chi connectivity index (χ1n) is 25.0. The Labute approximate surface area is 466 Å². The van der Waals surface area contributed by atoms with Gasteiger partial charge < -0.3 is 45.3 Å². The van der Waals surface area contributed by atoms with Crippen LogP contribution in [0.4, 0.5) is 17.1 Å². The molecule has 6 aromatic carbocycles. The molecule has 0 saturated heterocycles. The molecular weight excluding hydrogens is 1040 g/mol. The lowest BCUT2D eigenvalue weighted by atomic mass is 9.98. The van der Waals surface area contributed by atoms with E-state index in [0.29, 0.717) is 60.4 Å². The van der Waals surface area contributed by atoms with Crippen molar-refractivity contribution in [3.8, 4) is 85.7 Å². The van der Waals surface area contributed by atoms with Crippen LogP contribution in [0.15, 0.2) is 120 Å². The highest BCUT2D eigenvalue weighted by molar-refractivity contribution is 8.76. The van der Waals surface area contributed by atoms with E-state index in [2.05, 4.69) is 30.6 Å². The van der Waals surface area contributed by atoms with E-state index in [4.69, 9.17) is 12.2 Å². The first-order chi connectivity index (χ1) is 37.0. The molecule has 9 rings (SSSR count). The number of nitrogens with one attached hydrogen (secondary N) is 1. The summed E-state index contributed by atoms with van der Waals surface area (Å²) in [5.41, 5.74) is 8.91. The fourth-order valence-electron chi connectivity index (χ4n) is 8.66. The third-order valence-corrected chi connectivity index (χ3v) is 15.4. The van der Waals surface area contributed by atoms with E-state index in [1.807, 2.05) is 180 Å². The molecule has 0 radical (unpaired) electrons. The molecule has 3 heterocycles. The van der Waals surface area contributed by atoms with E-state index < -0.39 is 0 Å². The van der Waals surface area contributed by atoms with Crippen LogP contribution >= 0.6 is 33.8 Å². The number of aromatic amines is 1. The lowest BCUT2D eigenvalue weighted by Crippen LogP contribution is -2.08. The Hall–Kier alpha value is -8.14. The van der Waals surface area contributed by atoms with Crippen molar-refractivity contribution in [1.82, 2.24) is 44.3 Å². The van der Waals surface area contributed by atoms with Gasteiger partial charge in [0.15, 0.2) is 22.2 Å². The molecule has 406 valence electrons. The molecule has 0 atom stereocenters. The first-order valence-corrected chi connectivity index (χ1v) is 27.5. The fraction of sp³-hybridized carbons (Fsp3) is 0.263. The Morgan fingerprint density at radius 2 is 0.705 bits per heavy atom. The SMILES string of the molecule is CC(C)c1cc(-c2n[nH]c(=S)n2-c2ccc(N(C)C)cc2)c(O)cc1O.CC(C)c1cc(-c2nnc(SSc3nnc(-c4cc(C(C)C)c(O)cc4O)n3-c3ccc(N(C)C)cc3)n2-c2ccc(N(C)C)cc2)c(O)cc1O. The second-order valence-corrected chi connectivity index (χ2v) is 22.6. The van der Waals surface area contributed by atoms with E-state index in [-0.39, 0.29) is 52.3 Å². The summed E-state index contributed by atoms with van der Waals surface area (Å²) in [6.45, 7) is 11.8. The minimum atomic E-state index is -0.121. The Balaban J connectivity index is 0.000000258. The van der Waals surface area contributed by atoms with Gasteiger partial charge in [-0.2, -0.15) is 5.10 Å². The number of hydrogen-bond donors (Lipinski definition) is 7. The zero-order valence-electron chi connectivity index (χ0n) is 45.5. The van der Waals surface area contributed by atoms with Crippen LogP contribution in [-0.4, -0.2) is 117 Å². The highest BCUT2D eigenvalue weighted by Crippen LogP contribution is 2.45. The number of aromatic hydroxyl groups is 6. The van der Waals surface area contributed by atoms with Crippen LogP contribution in [-0.2, 0) is 0 Å². The second kappa shape index (κ2) is 23.2. The van der Waals surface area contributed by atoms with Gasteiger partial charge in [-0.05, 0) is 159 Å². The van der Waals surface area contributed by atoms with Crippen molar-refractivity contribution in [3.05, 3.63) is 131 Å². The van der Waals surface area contributed by atoms with E-state index in [1.54, 1.807) is 22.8 Å². The smallest absolute Gasteiger partial charge is 0.207 e. The third kappa shape index (κ3) is 11.6. The van der Waals surface area contributed by atoms with Gasteiger partial charge in [0.2, 0.25) is 10.3 Å². The molecule has 0 fully saturated rings. The van der Waals surface area contributed by atoms with Crippen LogP contribution in [0.5, 0.6) is 34.5 Å². The average Bonchev–Trinajstić information content (AvgIpc) is 4.17. The number of benzene rings is 6. The number of nitrogens with zero attached hydrogens (tertiary/aromatic N) is 11. The maximum absolute atomic E-state index is 11.1. The Morgan fingerprint density at radius 3 is 1.00 bits per heavy atom. The molecule has 0 aliphatic carbocycles. The summed E-state index contributed by atoms with van der Waals surface area (Å²) in [4.78, 5) is 6.03. The lowest BCUT2D eigenvalue weighted by molar-refractivity contribution is 0.443. The van der Waals surface area contributed by atoms with Crippen LogP contribution in [0.2, 0.25) is 0 Å². The summed E-state index contributed by atoms with van der Waals surface area (Å²) < 4.78 is 5.92. The van der Waals surface area contributed by atoms with Crippen LogP contribution < -0.4 is 14.7 Å². The third-order valence-electron chi connectivity index (χ3n) is 13.0. The number of anilines is 3. The van der Waals surface area contributed by atoms with Gasteiger partial charge in [0, 0.05) is 88.9 Å². The molecule has 78 heavy (non-hydrogen) atoms. The lowest BCUT2D eigenvalue weighted by Gasteiger charge is -2.17. The minimum Gasteiger partial charge on any atom is -0.508 e. The summed E-state index contributed by atoms with van der Waals surface area (Å²) in [6, 6.07) is 33.0. The molecule has 7 N–H and O–H groups in total. The number of phenolic OH excluding ortho intramolecular Hbond substituents is 6. The predicted molar refractivity (Wildman–Crippen MR) is 315 cm³/mol. The fourth-order valence-corrected chi connectivity index (χ4v) is 10.8. The minimum absolute atomic E-state index is 0.00326. The highest BCUT2D eigenvalue weighted by atomic mass is 33.1. The van der Waals surface area contributed by atoms with Crippen LogP contribution in [0.3, 0.4) is 0 Å². The summed E-state index contributed by atoms with van der Waals surface area (Å²) in [5.74, 6) is 1.18. The van der Waals surface area contributed by atoms with Gasteiger partial charge in [0.1, 0.15) is 34.5 Å². The number of phenols is 6. The molecule has 18 nitrogen and oxygen atoms in total. The standard InChI is InChI=1S/C38H42N8O4S2.C19H22N4O2S/c1-21(2)27-17-29(33(49)19-31(27)47)35-39-41-37(45(35)25-13-9-23(10-14-25)43(5)6)51-52-38-42-40-36(30-18-28(22(3)4)32(48)20-34(30)50)46(38)26-15-11-24(12-16-26)44(7)8;1-11(2)14-9-15(17(25)10-16(14)24)18-20-21-19(26)23(18)13-7-5-12(6-8-13)22(3)4/h9-22,47-50H,1-8H3;5-11,24-25H,1-4H3,(H,21,26). The molecule has 0 spiro atoms. The van der Waals surface area contributed by atoms with Gasteiger partial charge in [0.25, 0.3) is 0 Å². The van der Waals surface area contributed by atoms with Crippen molar-refractivity contribution in [2.24, 2.45) is 0 Å². The van der Waals surface area contributed by atoms with E-state index in [9.17, 15) is 30.6 Å². The predicted octanol–water partition coefficient (Wildman–Crippen LogP) is 12.4. The summed E-state index contributed by atoms with van der Waals surface area (Å²) in [5, 5.41) is 90.1. The van der Waals surface area contributed by atoms with Crippen molar-refractivity contribution in [2.75, 3.05) is 57.0 Å². The number of rotatable bonds is 15. The van der Waals surface area contributed by atoms with Gasteiger partial charge in [-0.25, -0.2) is 0 Å². The molecular formula is C57H64N12O6S3. The molecule has 0 saturated carbocycles. The van der Waals surface area contributed by atoms with Crippen molar-refractivity contribution in [2.45, 2.75) is 69.6 Å². The largest absolute Gasteiger partial charge is 0.508 e. The maximum atomic E-state index is 11.1. The molecule has 0 unspecified atom stereocenters. The quantitative estimate of drug-likeness (QED) is 0.0374. The van der Waals surface area contributed by atoms with Gasteiger partial charge in [-0.3, -0.25) is 18.8 Å². The summed E-state index contributed by atoms with van der Waals surface area (Å²) in [6.07, 6.45) is 0. The van der Waals surface area contributed by atoms with Crippen LogP contribution in [0.1, 0.15) is 76.0 Å². The second-order valence-electron chi connectivity index (χ2n) is 20.1. The zero-order valence-corrected chi connectivity index (χ0v) is 47.9. The molecule has 0 aliphatic heterocycles. The average molecular weight is 1110 g/mol. The van der Waals surface area contributed by atoms with E-state index in [0.717, 1.165) is 39.7 Å². The van der Waals surface area contributed by atoms with Gasteiger partial charge in [0.05, 0.1) is 22.4 Å². The summed E-state index contributed by atoms with van der Waals surface area (Å²) >= 11 is 5.40.